The van der Waals surface area contributed by atoms with Crippen molar-refractivity contribution in [3.63, 3.8) is 0 Å². The fourth-order valence-electron chi connectivity index (χ4n) is 4.31. The van der Waals surface area contributed by atoms with Crippen LogP contribution in [0.4, 0.5) is 0 Å². The van der Waals surface area contributed by atoms with Crippen LogP contribution in [0.2, 0.25) is 0 Å². The third kappa shape index (κ3) is 4.22. The normalized spacial score (nSPS) is 19.0. The zero-order chi connectivity index (χ0) is 19.4. The molecule has 1 heterocycles. The predicted molar refractivity (Wildman–Crippen MR) is 114 cm³/mol. The minimum absolute atomic E-state index is 0.00581. The molecule has 0 spiro atoms. The Morgan fingerprint density at radius 1 is 1.15 bits per heavy atom. The number of hydrogen-bond acceptors (Lipinski definition) is 3. The number of nitrogens with zero attached hydrogens (tertiary/aromatic N) is 1. The van der Waals surface area contributed by atoms with Crippen molar-refractivity contribution in [3.8, 4) is 0 Å². The number of thioether (sulfide) groups is 1. The zero-order valence-electron chi connectivity index (χ0n) is 16.7. The van der Waals surface area contributed by atoms with E-state index in [2.05, 4.69) is 43.1 Å². The highest BCUT2D eigenvalue weighted by molar-refractivity contribution is 7.98. The SMILES string of the molecule is CSc1ccccc1C(=O)NC(c1ccccc1)C(C)(C)N1CCCC1C. The summed E-state index contributed by atoms with van der Waals surface area (Å²) in [4.78, 5) is 16.8. The summed E-state index contributed by atoms with van der Waals surface area (Å²) in [5.41, 5.74) is 1.72. The number of hydrogen-bond donors (Lipinski definition) is 1. The maximum atomic E-state index is 13.2. The zero-order valence-corrected chi connectivity index (χ0v) is 17.6. The molecule has 1 saturated heterocycles. The highest BCUT2D eigenvalue weighted by Crippen LogP contribution is 2.36. The average molecular weight is 383 g/mol. The van der Waals surface area contributed by atoms with E-state index >= 15 is 0 Å². The van der Waals surface area contributed by atoms with E-state index in [9.17, 15) is 4.79 Å². The number of amides is 1. The predicted octanol–water partition coefficient (Wildman–Crippen LogP) is 5.14. The van der Waals surface area contributed by atoms with Crippen LogP contribution in [-0.2, 0) is 0 Å². The molecule has 2 aromatic rings. The van der Waals surface area contributed by atoms with Gasteiger partial charge in [-0.25, -0.2) is 0 Å². The third-order valence-electron chi connectivity index (χ3n) is 5.76. The van der Waals surface area contributed by atoms with Crippen LogP contribution in [0.15, 0.2) is 59.5 Å². The number of nitrogens with one attached hydrogen (secondary N) is 1. The topological polar surface area (TPSA) is 32.3 Å². The molecule has 2 atom stereocenters. The van der Waals surface area contributed by atoms with E-state index in [0.717, 1.165) is 22.6 Å². The van der Waals surface area contributed by atoms with Crippen LogP contribution in [0.1, 0.15) is 55.6 Å². The van der Waals surface area contributed by atoms with Crippen molar-refractivity contribution in [1.29, 1.82) is 0 Å². The van der Waals surface area contributed by atoms with Gasteiger partial charge < -0.3 is 5.32 Å². The molecule has 1 aliphatic rings. The van der Waals surface area contributed by atoms with E-state index in [4.69, 9.17) is 0 Å². The molecule has 27 heavy (non-hydrogen) atoms. The van der Waals surface area contributed by atoms with Gasteiger partial charge in [0.1, 0.15) is 0 Å². The van der Waals surface area contributed by atoms with Crippen molar-refractivity contribution in [1.82, 2.24) is 10.2 Å². The van der Waals surface area contributed by atoms with E-state index in [1.807, 2.05) is 48.7 Å². The van der Waals surface area contributed by atoms with Crippen molar-refractivity contribution in [2.24, 2.45) is 0 Å². The molecule has 0 saturated carbocycles. The van der Waals surface area contributed by atoms with Crippen LogP contribution in [0.5, 0.6) is 0 Å². The summed E-state index contributed by atoms with van der Waals surface area (Å²) in [6.45, 7) is 7.89. The van der Waals surface area contributed by atoms with Gasteiger partial charge in [-0.05, 0) is 64.1 Å². The molecular formula is C23H30N2OS. The molecule has 1 amide bonds. The Kier molecular flexibility index (Phi) is 6.28. The Morgan fingerprint density at radius 3 is 2.44 bits per heavy atom. The van der Waals surface area contributed by atoms with E-state index in [0.29, 0.717) is 6.04 Å². The summed E-state index contributed by atoms with van der Waals surface area (Å²) in [7, 11) is 0. The van der Waals surface area contributed by atoms with Gasteiger partial charge in [0.15, 0.2) is 0 Å². The standard InChI is InChI=1S/C23H30N2OS/c1-17-11-10-16-25(17)23(2,3)21(18-12-6-5-7-13-18)24-22(26)19-14-8-9-15-20(19)27-4/h5-9,12-15,17,21H,10-11,16H2,1-4H3,(H,24,26). The second-order valence-electron chi connectivity index (χ2n) is 7.86. The molecule has 144 valence electrons. The summed E-state index contributed by atoms with van der Waals surface area (Å²) in [5.74, 6) is -0.00581. The second-order valence-corrected chi connectivity index (χ2v) is 8.70. The van der Waals surface area contributed by atoms with Gasteiger partial charge in [0, 0.05) is 16.5 Å². The average Bonchev–Trinajstić information content (AvgIpc) is 3.13. The third-order valence-corrected chi connectivity index (χ3v) is 6.56. The fourth-order valence-corrected chi connectivity index (χ4v) is 4.90. The van der Waals surface area contributed by atoms with Crippen LogP contribution < -0.4 is 5.32 Å². The van der Waals surface area contributed by atoms with Gasteiger partial charge >= 0.3 is 0 Å². The fraction of sp³-hybridized carbons (Fsp3) is 0.435. The van der Waals surface area contributed by atoms with E-state index in [1.165, 1.54) is 12.8 Å². The highest BCUT2D eigenvalue weighted by atomic mass is 32.2. The van der Waals surface area contributed by atoms with Gasteiger partial charge in [0.25, 0.3) is 5.91 Å². The highest BCUT2D eigenvalue weighted by Gasteiger charge is 2.41. The monoisotopic (exact) mass is 382 g/mol. The van der Waals surface area contributed by atoms with Crippen molar-refractivity contribution in [2.45, 2.75) is 56.1 Å². The molecule has 0 aromatic heterocycles. The van der Waals surface area contributed by atoms with Crippen LogP contribution >= 0.6 is 11.8 Å². The van der Waals surface area contributed by atoms with Crippen LogP contribution in [0, 0.1) is 0 Å². The number of carbonyl (C=O) groups excluding carboxylic acids is 1. The Labute approximate surface area is 167 Å². The molecule has 1 fully saturated rings. The van der Waals surface area contributed by atoms with Crippen molar-refractivity contribution in [3.05, 3.63) is 65.7 Å². The lowest BCUT2D eigenvalue weighted by Gasteiger charge is -2.45. The minimum atomic E-state index is -0.179. The van der Waals surface area contributed by atoms with Gasteiger partial charge in [0.05, 0.1) is 11.6 Å². The van der Waals surface area contributed by atoms with Gasteiger partial charge in [-0.2, -0.15) is 0 Å². The molecule has 2 unspecified atom stereocenters. The van der Waals surface area contributed by atoms with E-state index in [1.54, 1.807) is 11.8 Å². The number of rotatable bonds is 6. The van der Waals surface area contributed by atoms with Crippen molar-refractivity contribution in [2.75, 3.05) is 12.8 Å². The number of benzene rings is 2. The van der Waals surface area contributed by atoms with Crippen molar-refractivity contribution < 1.29 is 4.79 Å². The first-order chi connectivity index (χ1) is 12.9. The molecule has 3 rings (SSSR count). The molecule has 1 aliphatic heterocycles. The second kappa shape index (κ2) is 8.49. The van der Waals surface area contributed by atoms with Gasteiger partial charge in [-0.3, -0.25) is 9.69 Å². The number of likely N-dealkylation sites (tertiary alicyclic amines) is 1. The molecule has 1 N–H and O–H groups in total. The lowest BCUT2D eigenvalue weighted by Crippen LogP contribution is -2.54. The molecule has 3 nitrogen and oxygen atoms in total. The summed E-state index contributed by atoms with van der Waals surface area (Å²) >= 11 is 1.61. The minimum Gasteiger partial charge on any atom is -0.343 e. The maximum Gasteiger partial charge on any atom is 0.252 e. The first kappa shape index (κ1) is 20.0. The summed E-state index contributed by atoms with van der Waals surface area (Å²) < 4.78 is 0. The quantitative estimate of drug-likeness (QED) is 0.702. The molecule has 0 radical (unpaired) electrons. The largest absolute Gasteiger partial charge is 0.343 e. The maximum absolute atomic E-state index is 13.2. The Balaban J connectivity index is 1.94. The molecule has 0 aliphatic carbocycles. The summed E-state index contributed by atoms with van der Waals surface area (Å²) in [6.07, 6.45) is 4.44. The molecule has 4 heteroatoms. The molecular weight excluding hydrogens is 352 g/mol. The van der Waals surface area contributed by atoms with E-state index in [-0.39, 0.29) is 17.5 Å². The Bertz CT molecular complexity index is 775. The lowest BCUT2D eigenvalue weighted by atomic mass is 9.86. The smallest absolute Gasteiger partial charge is 0.252 e. The van der Waals surface area contributed by atoms with Crippen LogP contribution in [0.25, 0.3) is 0 Å². The first-order valence-corrected chi connectivity index (χ1v) is 10.9. The summed E-state index contributed by atoms with van der Waals surface area (Å²) in [5, 5.41) is 3.37. The lowest BCUT2D eigenvalue weighted by molar-refractivity contribution is 0.0631. The molecule has 0 bridgehead atoms. The van der Waals surface area contributed by atoms with Crippen LogP contribution in [-0.4, -0.2) is 35.2 Å². The summed E-state index contributed by atoms with van der Waals surface area (Å²) in [6, 6.07) is 18.6. The van der Waals surface area contributed by atoms with E-state index < -0.39 is 0 Å². The van der Waals surface area contributed by atoms with Gasteiger partial charge in [-0.1, -0.05) is 42.5 Å². The Morgan fingerprint density at radius 2 is 1.81 bits per heavy atom. The first-order valence-electron chi connectivity index (χ1n) is 9.70. The van der Waals surface area contributed by atoms with Gasteiger partial charge in [0.2, 0.25) is 0 Å². The molecule has 2 aromatic carbocycles. The number of carbonyl (C=O) groups is 1. The van der Waals surface area contributed by atoms with Crippen LogP contribution in [0.3, 0.4) is 0 Å². The van der Waals surface area contributed by atoms with Gasteiger partial charge in [-0.15, -0.1) is 11.8 Å². The van der Waals surface area contributed by atoms with Crippen molar-refractivity contribution >= 4 is 17.7 Å². The Hall–Kier alpha value is -1.78.